The monoisotopic (exact) mass is 718 g/mol. The van der Waals surface area contributed by atoms with Crippen molar-refractivity contribution >= 4 is 23.2 Å². The van der Waals surface area contributed by atoms with Gasteiger partial charge in [0.1, 0.15) is 35.0 Å². The van der Waals surface area contributed by atoms with Gasteiger partial charge in [-0.2, -0.15) is 36.9 Å². The fraction of sp³-hybridized carbons (Fsp3) is 0.297. The van der Waals surface area contributed by atoms with Crippen molar-refractivity contribution in [3.8, 4) is 29.4 Å². The molecule has 0 heterocycles. The van der Waals surface area contributed by atoms with Gasteiger partial charge in [0.2, 0.25) is 5.41 Å². The Morgan fingerprint density at radius 2 is 1.14 bits per heavy atom. The highest BCUT2D eigenvalue weighted by Crippen LogP contribution is 2.56. The summed E-state index contributed by atoms with van der Waals surface area (Å²) in [5.41, 5.74) is -6.70. The molecule has 0 aromatic heterocycles. The molecule has 0 spiro atoms. The minimum Gasteiger partial charge on any atom is -0.483 e. The summed E-state index contributed by atoms with van der Waals surface area (Å²) in [6, 6.07) is 20.3. The molecule has 0 N–H and O–H groups in total. The molecule has 4 nitrogen and oxygen atoms in total. The van der Waals surface area contributed by atoms with Crippen molar-refractivity contribution in [1.82, 2.24) is 0 Å². The molecule has 256 valence electrons. The van der Waals surface area contributed by atoms with Crippen molar-refractivity contribution in [2.75, 3.05) is 0 Å². The SMILES string of the molecule is CCC(C)(Cl)c1cccc(Oc2ccc(C(c3ccc(OC(C)(CC)c4cccc(Cl)c4C#N)cc3)(C(F)(F)F)C(F)(F)F)cc2)c1C#N. The zero-order valence-corrected chi connectivity index (χ0v) is 28.2. The first-order valence-corrected chi connectivity index (χ1v) is 15.8. The standard InChI is InChI=1S/C37H30Cl2F6N2O2/c1-5-33(3,39)29-9-8-12-32(28(29)22-47)48-25-17-13-23(14-18-25)35(36(40,41)42,37(43,44)45)24-15-19-26(20-16-24)49-34(4,6-2)30-10-7-11-31(38)27(30)21-46/h7-20H,5-6H2,1-4H3. The van der Waals surface area contributed by atoms with Gasteiger partial charge in [-0.25, -0.2) is 0 Å². The molecule has 0 aliphatic heterocycles. The lowest BCUT2D eigenvalue weighted by Crippen LogP contribution is -2.54. The van der Waals surface area contributed by atoms with Gasteiger partial charge >= 0.3 is 12.4 Å². The maximum atomic E-state index is 14.9. The molecule has 0 radical (unpaired) electrons. The molecular formula is C37H30Cl2F6N2O2. The predicted molar refractivity (Wildman–Crippen MR) is 175 cm³/mol. The number of benzene rings is 4. The van der Waals surface area contributed by atoms with Crippen molar-refractivity contribution in [3.05, 3.63) is 123 Å². The van der Waals surface area contributed by atoms with Crippen molar-refractivity contribution < 1.29 is 35.8 Å². The van der Waals surface area contributed by atoms with Gasteiger partial charge in [0.25, 0.3) is 0 Å². The summed E-state index contributed by atoms with van der Waals surface area (Å²) in [6.07, 6.45) is -10.9. The van der Waals surface area contributed by atoms with E-state index in [1.165, 1.54) is 12.1 Å². The number of alkyl halides is 7. The van der Waals surface area contributed by atoms with Crippen LogP contribution in [0.4, 0.5) is 26.3 Å². The highest BCUT2D eigenvalue weighted by molar-refractivity contribution is 6.31. The van der Waals surface area contributed by atoms with Crippen LogP contribution in [-0.4, -0.2) is 12.4 Å². The fourth-order valence-corrected chi connectivity index (χ4v) is 6.04. The molecule has 4 rings (SSSR count). The van der Waals surface area contributed by atoms with Crippen molar-refractivity contribution in [2.24, 2.45) is 0 Å². The highest BCUT2D eigenvalue weighted by atomic mass is 35.5. The molecule has 0 bridgehead atoms. The summed E-state index contributed by atoms with van der Waals surface area (Å²) in [6.45, 7) is 6.92. The van der Waals surface area contributed by atoms with Crippen LogP contribution in [0, 0.1) is 22.7 Å². The number of hydrogen-bond acceptors (Lipinski definition) is 4. The van der Waals surface area contributed by atoms with Gasteiger partial charge in [0, 0.05) is 5.56 Å². The van der Waals surface area contributed by atoms with E-state index in [9.17, 15) is 36.9 Å². The molecule has 0 fully saturated rings. The molecule has 2 unspecified atom stereocenters. The minimum absolute atomic E-state index is 0.0226. The van der Waals surface area contributed by atoms with Crippen molar-refractivity contribution in [1.29, 1.82) is 10.5 Å². The Morgan fingerprint density at radius 1 is 0.653 bits per heavy atom. The van der Waals surface area contributed by atoms with Crippen LogP contribution in [0.2, 0.25) is 5.02 Å². The van der Waals surface area contributed by atoms with Crippen LogP contribution in [-0.2, 0) is 15.9 Å². The first-order chi connectivity index (χ1) is 22.9. The zero-order valence-electron chi connectivity index (χ0n) is 26.7. The van der Waals surface area contributed by atoms with Gasteiger partial charge in [-0.3, -0.25) is 0 Å². The molecular weight excluding hydrogens is 689 g/mol. The maximum Gasteiger partial charge on any atom is 0.411 e. The quantitative estimate of drug-likeness (QED) is 0.121. The number of ether oxygens (including phenoxy) is 2. The summed E-state index contributed by atoms with van der Waals surface area (Å²) in [5.74, 6) is -0.0744. The summed E-state index contributed by atoms with van der Waals surface area (Å²) in [7, 11) is 0. The van der Waals surface area contributed by atoms with Gasteiger partial charge < -0.3 is 9.47 Å². The second kappa shape index (κ2) is 13.9. The van der Waals surface area contributed by atoms with E-state index in [0.29, 0.717) is 29.7 Å². The Hall–Kier alpha value is -4.38. The van der Waals surface area contributed by atoms with Crippen LogP contribution >= 0.6 is 23.2 Å². The Labute approximate surface area is 290 Å². The highest BCUT2D eigenvalue weighted by Gasteiger charge is 2.72. The van der Waals surface area contributed by atoms with Crippen LogP contribution in [0.25, 0.3) is 0 Å². The van der Waals surface area contributed by atoms with Gasteiger partial charge in [-0.1, -0.05) is 74.0 Å². The van der Waals surface area contributed by atoms with Crippen LogP contribution in [0.15, 0.2) is 84.9 Å². The van der Waals surface area contributed by atoms with Gasteiger partial charge in [0.05, 0.1) is 21.0 Å². The normalized spacial score (nSPS) is 14.6. The second-order valence-corrected chi connectivity index (χ2v) is 12.9. The van der Waals surface area contributed by atoms with E-state index in [1.54, 1.807) is 45.0 Å². The van der Waals surface area contributed by atoms with E-state index >= 15 is 0 Å². The number of rotatable bonds is 10. The Balaban J connectivity index is 1.76. The minimum atomic E-state index is -5.83. The van der Waals surface area contributed by atoms with E-state index in [1.807, 2.05) is 19.1 Å². The number of nitriles is 2. The Morgan fingerprint density at radius 3 is 1.61 bits per heavy atom. The molecule has 12 heteroatoms. The number of halogens is 8. The first kappa shape index (κ1) is 37.4. The second-order valence-electron chi connectivity index (χ2n) is 11.7. The third-order valence-corrected chi connectivity index (χ3v) is 9.52. The molecule has 0 saturated heterocycles. The Bertz CT molecular complexity index is 1880. The van der Waals surface area contributed by atoms with E-state index < -0.39 is 39.4 Å². The summed E-state index contributed by atoms with van der Waals surface area (Å²) < 4.78 is 101. The summed E-state index contributed by atoms with van der Waals surface area (Å²) in [5, 5.41) is 19.6. The van der Waals surface area contributed by atoms with Crippen LogP contribution in [0.1, 0.15) is 73.9 Å². The maximum absolute atomic E-state index is 14.9. The van der Waals surface area contributed by atoms with Gasteiger partial charge in [-0.05, 0) is 79.8 Å². The molecule has 4 aromatic carbocycles. The lowest BCUT2D eigenvalue weighted by Gasteiger charge is -2.38. The molecule has 0 aliphatic rings. The van der Waals surface area contributed by atoms with Crippen LogP contribution < -0.4 is 9.47 Å². The largest absolute Gasteiger partial charge is 0.483 e. The number of hydrogen-bond donors (Lipinski definition) is 0. The molecule has 0 aliphatic carbocycles. The molecule has 0 amide bonds. The van der Waals surface area contributed by atoms with Gasteiger partial charge in [0.15, 0.2) is 0 Å². The molecule has 49 heavy (non-hydrogen) atoms. The van der Waals surface area contributed by atoms with Crippen LogP contribution in [0.3, 0.4) is 0 Å². The summed E-state index contributed by atoms with van der Waals surface area (Å²) in [4.78, 5) is -0.919. The zero-order chi connectivity index (χ0) is 36.4. The van der Waals surface area contributed by atoms with Crippen molar-refractivity contribution in [2.45, 2.75) is 68.8 Å². The molecule has 4 aromatic rings. The average molecular weight is 720 g/mol. The smallest absolute Gasteiger partial charge is 0.411 e. The number of nitrogens with zero attached hydrogens (tertiary/aromatic N) is 2. The van der Waals surface area contributed by atoms with Crippen molar-refractivity contribution in [3.63, 3.8) is 0 Å². The van der Waals surface area contributed by atoms with E-state index in [-0.39, 0.29) is 39.8 Å². The summed E-state index contributed by atoms with van der Waals surface area (Å²) >= 11 is 12.8. The topological polar surface area (TPSA) is 66.0 Å². The first-order valence-electron chi connectivity index (χ1n) is 15.0. The van der Waals surface area contributed by atoms with E-state index in [4.69, 9.17) is 32.7 Å². The third kappa shape index (κ3) is 6.90. The van der Waals surface area contributed by atoms with Crippen LogP contribution in [0.5, 0.6) is 17.2 Å². The average Bonchev–Trinajstić information content (AvgIpc) is 3.05. The van der Waals surface area contributed by atoms with Gasteiger partial charge in [-0.15, -0.1) is 11.6 Å². The lowest BCUT2D eigenvalue weighted by atomic mass is 9.73. The van der Waals surface area contributed by atoms with E-state index in [0.717, 1.165) is 36.4 Å². The lowest BCUT2D eigenvalue weighted by molar-refractivity contribution is -0.288. The molecule has 2 atom stereocenters. The third-order valence-electron chi connectivity index (χ3n) is 8.73. The fourth-order valence-electron chi connectivity index (χ4n) is 5.67. The van der Waals surface area contributed by atoms with E-state index in [2.05, 4.69) is 0 Å². The Kier molecular flexibility index (Phi) is 10.6. The molecule has 0 saturated carbocycles. The predicted octanol–water partition coefficient (Wildman–Crippen LogP) is 11.9.